The van der Waals surface area contributed by atoms with E-state index in [0.29, 0.717) is 17.9 Å². The van der Waals surface area contributed by atoms with Gasteiger partial charge in [-0.2, -0.15) is 0 Å². The van der Waals surface area contributed by atoms with E-state index in [0.717, 1.165) is 24.2 Å². The van der Waals surface area contributed by atoms with Crippen molar-refractivity contribution in [1.29, 1.82) is 0 Å². The van der Waals surface area contributed by atoms with Crippen molar-refractivity contribution in [2.75, 3.05) is 11.4 Å². The Hall–Kier alpha value is -3.93. The highest BCUT2D eigenvalue weighted by Crippen LogP contribution is 2.38. The fourth-order valence-electron chi connectivity index (χ4n) is 4.61. The zero-order chi connectivity index (χ0) is 22.1. The summed E-state index contributed by atoms with van der Waals surface area (Å²) in [4.78, 5) is 13.5. The molecule has 32 heavy (non-hydrogen) atoms. The highest BCUT2D eigenvalue weighted by molar-refractivity contribution is 5.67. The minimum absolute atomic E-state index is 0.0209. The molecule has 0 bridgehead atoms. The van der Waals surface area contributed by atoms with Crippen LogP contribution < -0.4 is 4.90 Å². The highest BCUT2D eigenvalue weighted by atomic mass is 16.6. The third kappa shape index (κ3) is 3.64. The lowest BCUT2D eigenvalue weighted by Gasteiger charge is -2.38. The number of nitrogens with zero attached hydrogens (tertiary/aromatic N) is 3. The molecule has 0 amide bonds. The average molecular weight is 425 g/mol. The number of rotatable bonds is 5. The zero-order valence-corrected chi connectivity index (χ0v) is 17.8. The van der Waals surface area contributed by atoms with Crippen molar-refractivity contribution < 1.29 is 9.45 Å². The van der Waals surface area contributed by atoms with Crippen LogP contribution in [0.2, 0.25) is 0 Å². The summed E-state index contributed by atoms with van der Waals surface area (Å²) in [5.74, 6) is 0.320. The largest absolute Gasteiger partial charge is 0.364 e. The van der Waals surface area contributed by atoms with Crippen LogP contribution in [0.15, 0.2) is 83.4 Å². The lowest BCUT2D eigenvalue weighted by Crippen LogP contribution is -2.36. The summed E-state index contributed by atoms with van der Waals surface area (Å²) in [6.45, 7) is 2.44. The zero-order valence-electron chi connectivity index (χ0n) is 17.8. The summed E-state index contributed by atoms with van der Waals surface area (Å²) in [5.41, 5.74) is 6.16. The van der Waals surface area contributed by atoms with Crippen molar-refractivity contribution >= 4 is 11.4 Å². The van der Waals surface area contributed by atoms with Crippen LogP contribution in [-0.2, 0) is 12.8 Å². The molecule has 0 N–H and O–H groups in total. The van der Waals surface area contributed by atoms with Gasteiger partial charge in [-0.25, -0.2) is 0 Å². The first-order chi connectivity index (χ1) is 15.6. The molecular weight excluding hydrogens is 402 g/mol. The predicted molar refractivity (Wildman–Crippen MR) is 124 cm³/mol. The third-order valence-electron chi connectivity index (χ3n) is 6.18. The average Bonchev–Trinajstić information content (AvgIpc) is 3.20. The van der Waals surface area contributed by atoms with E-state index in [-0.39, 0.29) is 11.7 Å². The Morgan fingerprint density at radius 3 is 2.44 bits per heavy atom. The van der Waals surface area contributed by atoms with Gasteiger partial charge in [0.2, 0.25) is 5.76 Å². The second-order valence-corrected chi connectivity index (χ2v) is 8.07. The second-order valence-electron chi connectivity index (χ2n) is 8.07. The first kappa shape index (κ1) is 20.0. The van der Waals surface area contributed by atoms with E-state index in [4.69, 9.17) is 4.52 Å². The number of hydrogen-bond acceptors (Lipinski definition) is 5. The molecule has 0 aliphatic carbocycles. The standard InChI is InChI=1S/C26H23N3O3/c1-18-26(29(30)31)25(32-27-18)17-24-23-10-6-5-9-21(23)15-16-28(24)22-13-11-20(12-14-22)19-7-3-2-4-8-19/h2-14,24H,15-17H2,1H3. The number of benzene rings is 3. The van der Waals surface area contributed by atoms with Crippen LogP contribution >= 0.6 is 0 Å². The molecule has 5 rings (SSSR count). The molecule has 6 heteroatoms. The summed E-state index contributed by atoms with van der Waals surface area (Å²) in [6, 6.07) is 27.0. The molecule has 0 spiro atoms. The van der Waals surface area contributed by atoms with Gasteiger partial charge in [0.15, 0.2) is 5.69 Å². The van der Waals surface area contributed by atoms with E-state index in [2.05, 4.69) is 58.6 Å². The van der Waals surface area contributed by atoms with Gasteiger partial charge in [-0.1, -0.05) is 71.9 Å². The third-order valence-corrected chi connectivity index (χ3v) is 6.18. The van der Waals surface area contributed by atoms with Crippen LogP contribution in [0.25, 0.3) is 11.1 Å². The predicted octanol–water partition coefficient (Wildman–Crippen LogP) is 5.90. The van der Waals surface area contributed by atoms with Crippen molar-refractivity contribution in [2.45, 2.75) is 25.8 Å². The van der Waals surface area contributed by atoms with Gasteiger partial charge >= 0.3 is 5.69 Å². The SMILES string of the molecule is Cc1noc(CC2c3ccccc3CCN2c2ccc(-c3ccccc3)cc2)c1[N+](=O)[O-]. The van der Waals surface area contributed by atoms with E-state index in [1.54, 1.807) is 6.92 Å². The maximum atomic E-state index is 11.6. The Morgan fingerprint density at radius 1 is 1.00 bits per heavy atom. The van der Waals surface area contributed by atoms with Gasteiger partial charge < -0.3 is 9.42 Å². The minimum atomic E-state index is -0.394. The van der Waals surface area contributed by atoms with Crippen LogP contribution in [0.1, 0.15) is 28.6 Å². The summed E-state index contributed by atoms with van der Waals surface area (Å²) in [5, 5.41) is 15.5. The second kappa shape index (κ2) is 8.30. The van der Waals surface area contributed by atoms with Gasteiger partial charge in [0.05, 0.1) is 11.0 Å². The quantitative estimate of drug-likeness (QED) is 0.294. The maximum Gasteiger partial charge on any atom is 0.334 e. The molecule has 1 aliphatic rings. The van der Waals surface area contributed by atoms with E-state index >= 15 is 0 Å². The number of anilines is 1. The van der Waals surface area contributed by atoms with Crippen LogP contribution in [-0.4, -0.2) is 16.6 Å². The highest BCUT2D eigenvalue weighted by Gasteiger charge is 2.33. The molecule has 1 aromatic heterocycles. The summed E-state index contributed by atoms with van der Waals surface area (Å²) in [6.07, 6.45) is 1.30. The lowest BCUT2D eigenvalue weighted by molar-refractivity contribution is -0.386. The number of nitro groups is 1. The number of fused-ring (bicyclic) bond motifs is 1. The molecule has 1 unspecified atom stereocenters. The molecule has 4 aromatic rings. The number of hydrogen-bond donors (Lipinski definition) is 0. The lowest BCUT2D eigenvalue weighted by atomic mass is 9.89. The molecule has 2 heterocycles. The number of aryl methyl sites for hydroxylation is 1. The van der Waals surface area contributed by atoms with Crippen molar-refractivity contribution in [2.24, 2.45) is 0 Å². The fraction of sp³-hybridized carbons (Fsp3) is 0.192. The Kier molecular flexibility index (Phi) is 5.19. The van der Waals surface area contributed by atoms with Crippen molar-refractivity contribution in [3.05, 3.63) is 112 Å². The van der Waals surface area contributed by atoms with Crippen molar-refractivity contribution in [1.82, 2.24) is 5.16 Å². The molecule has 160 valence electrons. The molecule has 0 radical (unpaired) electrons. The molecule has 0 saturated heterocycles. The van der Waals surface area contributed by atoms with Crippen molar-refractivity contribution in [3.8, 4) is 11.1 Å². The Balaban J connectivity index is 1.52. The van der Waals surface area contributed by atoms with E-state index < -0.39 is 4.92 Å². The van der Waals surface area contributed by atoms with Gasteiger partial charge in [0.25, 0.3) is 0 Å². The summed E-state index contributed by atoms with van der Waals surface area (Å²) >= 11 is 0. The van der Waals surface area contributed by atoms with E-state index in [1.807, 2.05) is 30.3 Å². The summed E-state index contributed by atoms with van der Waals surface area (Å²) in [7, 11) is 0. The fourth-order valence-corrected chi connectivity index (χ4v) is 4.61. The van der Waals surface area contributed by atoms with Crippen LogP contribution in [0.5, 0.6) is 0 Å². The van der Waals surface area contributed by atoms with Crippen LogP contribution in [0.4, 0.5) is 11.4 Å². The molecule has 0 saturated carbocycles. The molecule has 6 nitrogen and oxygen atoms in total. The van der Waals surface area contributed by atoms with Crippen LogP contribution in [0, 0.1) is 17.0 Å². The van der Waals surface area contributed by atoms with E-state index in [9.17, 15) is 10.1 Å². The Morgan fingerprint density at radius 2 is 1.69 bits per heavy atom. The van der Waals surface area contributed by atoms with Gasteiger partial charge in [-0.3, -0.25) is 10.1 Å². The van der Waals surface area contributed by atoms with Gasteiger partial charge in [-0.15, -0.1) is 0 Å². The van der Waals surface area contributed by atoms with Crippen LogP contribution in [0.3, 0.4) is 0 Å². The topological polar surface area (TPSA) is 72.4 Å². The monoisotopic (exact) mass is 425 g/mol. The normalized spacial score (nSPS) is 15.4. The minimum Gasteiger partial charge on any atom is -0.364 e. The summed E-state index contributed by atoms with van der Waals surface area (Å²) < 4.78 is 5.42. The van der Waals surface area contributed by atoms with Crippen molar-refractivity contribution in [3.63, 3.8) is 0 Å². The molecular formula is C26H23N3O3. The Labute approximate surface area is 186 Å². The number of aromatic nitrogens is 1. The molecule has 0 fully saturated rings. The van der Waals surface area contributed by atoms with E-state index in [1.165, 1.54) is 16.7 Å². The van der Waals surface area contributed by atoms with Gasteiger partial charge in [0, 0.05) is 18.7 Å². The Bertz CT molecular complexity index is 1250. The van der Waals surface area contributed by atoms with Gasteiger partial charge in [-0.05, 0) is 47.7 Å². The molecule has 1 atom stereocenters. The first-order valence-corrected chi connectivity index (χ1v) is 10.7. The van der Waals surface area contributed by atoms with Gasteiger partial charge in [0.1, 0.15) is 0 Å². The first-order valence-electron chi connectivity index (χ1n) is 10.7. The molecule has 3 aromatic carbocycles. The smallest absolute Gasteiger partial charge is 0.334 e. The molecule has 1 aliphatic heterocycles. The maximum absolute atomic E-state index is 11.6.